The van der Waals surface area contributed by atoms with Crippen molar-refractivity contribution in [1.29, 1.82) is 0 Å². The Morgan fingerprint density at radius 3 is 2.40 bits per heavy atom. The highest BCUT2D eigenvalue weighted by molar-refractivity contribution is 5.75. The van der Waals surface area contributed by atoms with Gasteiger partial charge in [-0.25, -0.2) is 10.6 Å². The van der Waals surface area contributed by atoms with Gasteiger partial charge in [0, 0.05) is 6.42 Å². The lowest BCUT2D eigenvalue weighted by Gasteiger charge is -2.23. The molecule has 88 valence electrons. The van der Waals surface area contributed by atoms with Crippen LogP contribution < -0.4 is 17.0 Å². The number of hydrazine groups is 1. The fraction of sp³-hybridized carbons (Fsp3) is 0.778. The molecule has 15 heavy (non-hydrogen) atoms. The summed E-state index contributed by atoms with van der Waals surface area (Å²) >= 11 is 0. The molecule has 0 aliphatic rings. The van der Waals surface area contributed by atoms with Gasteiger partial charge in [-0.2, -0.15) is 0 Å². The van der Waals surface area contributed by atoms with E-state index in [1.54, 1.807) is 13.8 Å². The maximum atomic E-state index is 10.8. The third-order valence-corrected chi connectivity index (χ3v) is 1.97. The molecule has 0 aliphatic heterocycles. The van der Waals surface area contributed by atoms with Crippen LogP contribution in [0.2, 0.25) is 0 Å². The first-order valence-electron chi connectivity index (χ1n) is 4.85. The molecule has 0 heterocycles. The fourth-order valence-corrected chi connectivity index (χ4v) is 1.23. The van der Waals surface area contributed by atoms with Gasteiger partial charge in [0.05, 0.1) is 0 Å². The fourth-order valence-electron chi connectivity index (χ4n) is 1.23. The van der Waals surface area contributed by atoms with Gasteiger partial charge in [-0.1, -0.05) is 0 Å². The zero-order chi connectivity index (χ0) is 11.9. The molecule has 6 nitrogen and oxygen atoms in total. The molecular formula is C9H19N3O3. The minimum absolute atomic E-state index is 0.191. The lowest BCUT2D eigenvalue weighted by atomic mass is 10.0. The first kappa shape index (κ1) is 13.7. The van der Waals surface area contributed by atoms with E-state index in [1.165, 1.54) is 0 Å². The Kier molecular flexibility index (Phi) is 5.69. The third kappa shape index (κ3) is 7.75. The first-order valence-corrected chi connectivity index (χ1v) is 4.85. The molecule has 0 fully saturated rings. The number of primary amides is 1. The number of carbonyl (C=O) groups excluding carboxylic acids is 2. The van der Waals surface area contributed by atoms with Crippen LogP contribution in [-0.4, -0.2) is 17.6 Å². The van der Waals surface area contributed by atoms with Crippen LogP contribution in [0.5, 0.6) is 0 Å². The Morgan fingerprint density at radius 1 is 1.33 bits per heavy atom. The molecule has 0 saturated carbocycles. The van der Waals surface area contributed by atoms with E-state index in [2.05, 4.69) is 5.43 Å². The Hall–Kier alpha value is -1.30. The highest BCUT2D eigenvalue weighted by Gasteiger charge is 2.20. The molecule has 5 N–H and O–H groups in total. The van der Waals surface area contributed by atoms with Crippen molar-refractivity contribution < 1.29 is 14.3 Å². The molecule has 2 amide bonds. The second-order valence-electron chi connectivity index (χ2n) is 3.96. The molecule has 0 atom stereocenters. The van der Waals surface area contributed by atoms with Crippen LogP contribution in [0.25, 0.3) is 0 Å². The van der Waals surface area contributed by atoms with Gasteiger partial charge in [-0.15, -0.1) is 0 Å². The minimum atomic E-state index is -0.778. The molecule has 0 aromatic heterocycles. The van der Waals surface area contributed by atoms with Crippen molar-refractivity contribution in [1.82, 2.24) is 5.43 Å². The molecule has 6 heteroatoms. The second-order valence-corrected chi connectivity index (χ2v) is 3.96. The van der Waals surface area contributed by atoms with Crippen molar-refractivity contribution in [3.63, 3.8) is 0 Å². The summed E-state index contributed by atoms with van der Waals surface area (Å²) in [5, 5.41) is 0. The van der Waals surface area contributed by atoms with E-state index < -0.39 is 11.7 Å². The maximum absolute atomic E-state index is 10.8. The monoisotopic (exact) mass is 217 g/mol. The summed E-state index contributed by atoms with van der Waals surface area (Å²) in [4.78, 5) is 21.3. The van der Waals surface area contributed by atoms with Gasteiger partial charge in [0.15, 0.2) is 0 Å². The Bertz CT molecular complexity index is 229. The van der Waals surface area contributed by atoms with Gasteiger partial charge in [0.2, 0.25) is 5.91 Å². The molecule has 0 radical (unpaired) electrons. The summed E-state index contributed by atoms with van der Waals surface area (Å²) in [6.45, 7) is 3.56. The lowest BCUT2D eigenvalue weighted by Crippen LogP contribution is -2.31. The average Bonchev–Trinajstić information content (AvgIpc) is 2.10. The van der Waals surface area contributed by atoms with E-state index in [0.717, 1.165) is 6.42 Å². The summed E-state index contributed by atoms with van der Waals surface area (Å²) in [6.07, 6.45) is 1.74. The Balaban J connectivity index is 3.66. The molecule has 0 aliphatic carbocycles. The van der Waals surface area contributed by atoms with Crippen molar-refractivity contribution in [3.05, 3.63) is 0 Å². The van der Waals surface area contributed by atoms with Gasteiger partial charge >= 0.3 is 6.09 Å². The summed E-state index contributed by atoms with van der Waals surface area (Å²) in [5.74, 6) is 4.73. The van der Waals surface area contributed by atoms with Crippen LogP contribution in [0.1, 0.15) is 39.5 Å². The number of ether oxygens (including phenoxy) is 1. The summed E-state index contributed by atoms with van der Waals surface area (Å²) in [7, 11) is 0. The SMILES string of the molecule is CC(C)(CCCCC(=O)NN)OC(N)=O. The van der Waals surface area contributed by atoms with Crippen LogP contribution in [0.4, 0.5) is 4.79 Å². The summed E-state index contributed by atoms with van der Waals surface area (Å²) in [6, 6.07) is 0. The number of hydrogen-bond acceptors (Lipinski definition) is 4. The number of carbonyl (C=O) groups is 2. The highest BCUT2D eigenvalue weighted by atomic mass is 16.6. The number of rotatable bonds is 6. The minimum Gasteiger partial charge on any atom is -0.444 e. The molecule has 0 unspecified atom stereocenters. The largest absolute Gasteiger partial charge is 0.444 e. The normalized spacial score (nSPS) is 10.9. The van der Waals surface area contributed by atoms with Crippen LogP contribution in [0.15, 0.2) is 0 Å². The number of hydrogen-bond donors (Lipinski definition) is 3. The molecule has 0 rings (SSSR count). The first-order chi connectivity index (χ1) is 6.87. The van der Waals surface area contributed by atoms with Crippen LogP contribution in [-0.2, 0) is 9.53 Å². The lowest BCUT2D eigenvalue weighted by molar-refractivity contribution is -0.121. The van der Waals surface area contributed by atoms with Crippen molar-refractivity contribution in [2.75, 3.05) is 0 Å². The Labute approximate surface area is 89.3 Å². The van der Waals surface area contributed by atoms with E-state index in [9.17, 15) is 9.59 Å². The zero-order valence-electron chi connectivity index (χ0n) is 9.21. The topological polar surface area (TPSA) is 107 Å². The maximum Gasteiger partial charge on any atom is 0.405 e. The molecular weight excluding hydrogens is 198 g/mol. The third-order valence-electron chi connectivity index (χ3n) is 1.97. The van der Waals surface area contributed by atoms with E-state index in [0.29, 0.717) is 19.3 Å². The summed E-state index contributed by atoms with van der Waals surface area (Å²) in [5.41, 5.74) is 6.38. The molecule has 0 spiro atoms. The van der Waals surface area contributed by atoms with E-state index in [-0.39, 0.29) is 5.91 Å². The molecule has 0 bridgehead atoms. The van der Waals surface area contributed by atoms with Crippen molar-refractivity contribution in [2.24, 2.45) is 11.6 Å². The van der Waals surface area contributed by atoms with E-state index >= 15 is 0 Å². The summed E-state index contributed by atoms with van der Waals surface area (Å²) < 4.78 is 4.88. The van der Waals surface area contributed by atoms with Gasteiger partial charge < -0.3 is 10.5 Å². The van der Waals surface area contributed by atoms with Crippen LogP contribution in [0, 0.1) is 0 Å². The van der Waals surface area contributed by atoms with Crippen molar-refractivity contribution >= 4 is 12.0 Å². The van der Waals surface area contributed by atoms with Gasteiger partial charge in [0.25, 0.3) is 0 Å². The van der Waals surface area contributed by atoms with Crippen LogP contribution >= 0.6 is 0 Å². The van der Waals surface area contributed by atoms with Gasteiger partial charge in [-0.3, -0.25) is 10.2 Å². The van der Waals surface area contributed by atoms with E-state index in [1.807, 2.05) is 0 Å². The molecule has 0 aromatic carbocycles. The van der Waals surface area contributed by atoms with Crippen molar-refractivity contribution in [3.8, 4) is 0 Å². The second kappa shape index (κ2) is 6.23. The predicted octanol–water partition coefficient (Wildman–Crippen LogP) is 0.411. The smallest absolute Gasteiger partial charge is 0.405 e. The quantitative estimate of drug-likeness (QED) is 0.259. The standard InChI is InChI=1S/C9H19N3O3/c1-9(2,15-8(10)14)6-4-3-5-7(13)12-11/h3-6,11H2,1-2H3,(H2,10,14)(H,12,13). The highest BCUT2D eigenvalue weighted by Crippen LogP contribution is 2.18. The predicted molar refractivity (Wildman–Crippen MR) is 55.5 cm³/mol. The van der Waals surface area contributed by atoms with Gasteiger partial charge in [0.1, 0.15) is 5.60 Å². The number of unbranched alkanes of at least 4 members (excludes halogenated alkanes) is 1. The van der Waals surface area contributed by atoms with Crippen molar-refractivity contribution in [2.45, 2.75) is 45.1 Å². The molecule has 0 saturated heterocycles. The van der Waals surface area contributed by atoms with E-state index in [4.69, 9.17) is 16.3 Å². The zero-order valence-corrected chi connectivity index (χ0v) is 9.21. The average molecular weight is 217 g/mol. The van der Waals surface area contributed by atoms with Gasteiger partial charge in [-0.05, 0) is 33.1 Å². The van der Waals surface area contributed by atoms with Crippen LogP contribution in [0.3, 0.4) is 0 Å². The number of nitrogens with one attached hydrogen (secondary N) is 1. The molecule has 0 aromatic rings. The number of amides is 2. The Morgan fingerprint density at radius 2 is 1.93 bits per heavy atom. The number of nitrogens with two attached hydrogens (primary N) is 2.